The van der Waals surface area contributed by atoms with E-state index in [0.29, 0.717) is 16.3 Å². The Morgan fingerprint density at radius 2 is 1.77 bits per heavy atom. The monoisotopic (exact) mass is 375 g/mol. The molecular formula is C19H19ClFN3O2. The molecule has 0 saturated heterocycles. The summed E-state index contributed by atoms with van der Waals surface area (Å²) < 4.78 is 21.0. The smallest absolute Gasteiger partial charge is 0.148 e. The lowest BCUT2D eigenvalue weighted by Gasteiger charge is -2.42. The van der Waals surface area contributed by atoms with Crippen LogP contribution in [-0.4, -0.2) is 25.5 Å². The molecule has 26 heavy (non-hydrogen) atoms. The molecule has 1 heterocycles. The minimum atomic E-state index is -1.51. The highest BCUT2D eigenvalue weighted by Crippen LogP contribution is 2.38. The molecule has 0 spiro atoms. The summed E-state index contributed by atoms with van der Waals surface area (Å²) in [5, 5.41) is 16.3. The highest BCUT2D eigenvalue weighted by atomic mass is 35.5. The zero-order chi connectivity index (χ0) is 18.8. The van der Waals surface area contributed by atoms with Crippen LogP contribution in [-0.2, 0) is 12.1 Å². The fourth-order valence-electron chi connectivity index (χ4n) is 2.79. The largest absolute Gasteiger partial charge is 0.484 e. The number of aromatic nitrogens is 3. The van der Waals surface area contributed by atoms with Crippen molar-refractivity contribution in [1.82, 2.24) is 14.8 Å². The van der Waals surface area contributed by atoms with E-state index in [1.807, 2.05) is 0 Å². The molecule has 1 aromatic heterocycles. The Bertz CT molecular complexity index is 852. The molecule has 1 N–H and O–H groups in total. The van der Waals surface area contributed by atoms with Crippen LogP contribution in [0.25, 0.3) is 0 Å². The Kier molecular flexibility index (Phi) is 4.98. The van der Waals surface area contributed by atoms with Crippen LogP contribution in [0.4, 0.5) is 4.39 Å². The molecule has 3 aromatic rings. The van der Waals surface area contributed by atoms with E-state index >= 15 is 0 Å². The van der Waals surface area contributed by atoms with Crippen LogP contribution in [0.3, 0.4) is 0 Å². The second kappa shape index (κ2) is 7.05. The molecule has 2 aromatic carbocycles. The van der Waals surface area contributed by atoms with Crippen molar-refractivity contribution in [3.63, 3.8) is 0 Å². The molecule has 0 bridgehead atoms. The van der Waals surface area contributed by atoms with Crippen molar-refractivity contribution in [2.24, 2.45) is 0 Å². The lowest BCUT2D eigenvalue weighted by atomic mass is 9.79. The van der Waals surface area contributed by atoms with Gasteiger partial charge in [-0.1, -0.05) is 23.7 Å². The maximum atomic E-state index is 13.4. The second-order valence-corrected chi connectivity index (χ2v) is 6.96. The van der Waals surface area contributed by atoms with Gasteiger partial charge in [0.05, 0.1) is 6.54 Å². The van der Waals surface area contributed by atoms with Crippen molar-refractivity contribution in [1.29, 1.82) is 0 Å². The first kappa shape index (κ1) is 18.4. The van der Waals surface area contributed by atoms with Crippen LogP contribution >= 0.6 is 11.6 Å². The van der Waals surface area contributed by atoms with E-state index in [0.717, 1.165) is 0 Å². The molecule has 3 rings (SSSR count). The van der Waals surface area contributed by atoms with E-state index < -0.39 is 11.2 Å². The predicted molar refractivity (Wildman–Crippen MR) is 96.5 cm³/mol. The van der Waals surface area contributed by atoms with Crippen molar-refractivity contribution < 1.29 is 14.2 Å². The van der Waals surface area contributed by atoms with Crippen molar-refractivity contribution in [3.8, 4) is 5.75 Å². The van der Waals surface area contributed by atoms with E-state index in [4.69, 9.17) is 16.3 Å². The molecule has 0 radical (unpaired) electrons. The van der Waals surface area contributed by atoms with Crippen molar-refractivity contribution in [2.75, 3.05) is 0 Å². The Hall–Kier alpha value is -2.44. The number of aliphatic hydroxyl groups is 1. The van der Waals surface area contributed by atoms with Crippen LogP contribution in [0.15, 0.2) is 61.2 Å². The maximum Gasteiger partial charge on any atom is 0.148 e. The van der Waals surface area contributed by atoms with Gasteiger partial charge in [-0.2, -0.15) is 5.10 Å². The van der Waals surface area contributed by atoms with Crippen LogP contribution in [0.2, 0.25) is 5.02 Å². The molecule has 7 heteroatoms. The number of hydrogen-bond donors (Lipinski definition) is 1. The Morgan fingerprint density at radius 3 is 2.35 bits per heavy atom. The van der Waals surface area contributed by atoms with Gasteiger partial charge in [-0.05, 0) is 55.8 Å². The van der Waals surface area contributed by atoms with Gasteiger partial charge in [-0.3, -0.25) is 0 Å². The molecular weight excluding hydrogens is 357 g/mol. The summed E-state index contributed by atoms with van der Waals surface area (Å²) in [6.45, 7) is 3.61. The summed E-state index contributed by atoms with van der Waals surface area (Å²) in [5.74, 6) is 0.173. The standard InChI is InChI=1S/C19H19ClFN3O2/c1-18(2,26-17-9-5-15(20)6-10-17)19(25,11-24-13-22-12-23-24)14-3-7-16(21)8-4-14/h3-10,12-13,25H,11H2,1-2H3. The molecule has 136 valence electrons. The molecule has 0 aliphatic rings. The van der Waals surface area contributed by atoms with Gasteiger partial charge >= 0.3 is 0 Å². The third kappa shape index (κ3) is 3.71. The van der Waals surface area contributed by atoms with E-state index in [9.17, 15) is 9.50 Å². The molecule has 0 aliphatic heterocycles. The van der Waals surface area contributed by atoms with Gasteiger partial charge in [-0.25, -0.2) is 14.1 Å². The summed E-state index contributed by atoms with van der Waals surface area (Å²) in [7, 11) is 0. The van der Waals surface area contributed by atoms with Crippen LogP contribution < -0.4 is 4.74 Å². The zero-order valence-electron chi connectivity index (χ0n) is 14.4. The Morgan fingerprint density at radius 1 is 1.12 bits per heavy atom. The highest BCUT2D eigenvalue weighted by molar-refractivity contribution is 6.30. The summed E-state index contributed by atoms with van der Waals surface area (Å²) in [4.78, 5) is 3.92. The first-order valence-corrected chi connectivity index (χ1v) is 8.43. The summed E-state index contributed by atoms with van der Waals surface area (Å²) in [5.41, 5.74) is -2.08. The number of hydrogen-bond acceptors (Lipinski definition) is 4. The highest BCUT2D eigenvalue weighted by Gasteiger charge is 2.48. The third-order valence-corrected chi connectivity index (χ3v) is 4.61. The van der Waals surface area contributed by atoms with Gasteiger partial charge < -0.3 is 9.84 Å². The number of rotatable bonds is 6. The SMILES string of the molecule is CC(C)(Oc1ccc(Cl)cc1)C(O)(Cn1cncn1)c1ccc(F)cc1. The van der Waals surface area contributed by atoms with Crippen molar-refractivity contribution >= 4 is 11.6 Å². The maximum absolute atomic E-state index is 13.4. The predicted octanol–water partition coefficient (Wildman–Crippen LogP) is 3.82. The fourth-order valence-corrected chi connectivity index (χ4v) is 2.91. The normalized spacial score (nSPS) is 14.0. The van der Waals surface area contributed by atoms with E-state index in [-0.39, 0.29) is 12.4 Å². The molecule has 1 unspecified atom stereocenters. The molecule has 0 aliphatic carbocycles. The van der Waals surface area contributed by atoms with Gasteiger partial charge in [0.2, 0.25) is 0 Å². The van der Waals surface area contributed by atoms with E-state index in [1.54, 1.807) is 50.2 Å². The molecule has 5 nitrogen and oxygen atoms in total. The summed E-state index contributed by atoms with van der Waals surface area (Å²) >= 11 is 5.92. The van der Waals surface area contributed by atoms with Gasteiger partial charge in [0.1, 0.15) is 35.4 Å². The lowest BCUT2D eigenvalue weighted by molar-refractivity contribution is -0.133. The number of nitrogens with zero attached hydrogens (tertiary/aromatic N) is 3. The Labute approximate surface area is 156 Å². The molecule has 0 amide bonds. The first-order valence-electron chi connectivity index (χ1n) is 8.06. The number of benzene rings is 2. The first-order chi connectivity index (χ1) is 12.3. The third-order valence-electron chi connectivity index (χ3n) is 4.36. The summed E-state index contributed by atoms with van der Waals surface area (Å²) in [6, 6.07) is 12.6. The van der Waals surface area contributed by atoms with Crippen LogP contribution in [0, 0.1) is 5.82 Å². The average Bonchev–Trinajstić information content (AvgIpc) is 3.10. The van der Waals surface area contributed by atoms with Crippen molar-refractivity contribution in [3.05, 3.63) is 77.6 Å². The zero-order valence-corrected chi connectivity index (χ0v) is 15.2. The van der Waals surface area contributed by atoms with E-state index in [1.165, 1.54) is 29.5 Å². The van der Waals surface area contributed by atoms with Gasteiger partial charge in [0, 0.05) is 5.02 Å². The topological polar surface area (TPSA) is 60.2 Å². The van der Waals surface area contributed by atoms with Gasteiger partial charge in [0.25, 0.3) is 0 Å². The number of ether oxygens (including phenoxy) is 1. The average molecular weight is 376 g/mol. The van der Waals surface area contributed by atoms with Crippen LogP contribution in [0.5, 0.6) is 5.75 Å². The second-order valence-electron chi connectivity index (χ2n) is 6.53. The minimum absolute atomic E-state index is 0.0826. The van der Waals surface area contributed by atoms with Crippen molar-refractivity contribution in [2.45, 2.75) is 31.6 Å². The Balaban J connectivity index is 2.00. The fraction of sp³-hybridized carbons (Fsp3) is 0.263. The summed E-state index contributed by atoms with van der Waals surface area (Å²) in [6.07, 6.45) is 2.89. The van der Waals surface area contributed by atoms with Gasteiger partial charge in [0.15, 0.2) is 0 Å². The lowest BCUT2D eigenvalue weighted by Crippen LogP contribution is -2.54. The minimum Gasteiger partial charge on any atom is -0.484 e. The quantitative estimate of drug-likeness (QED) is 0.711. The molecule has 1 atom stereocenters. The van der Waals surface area contributed by atoms with Crippen LogP contribution in [0.1, 0.15) is 19.4 Å². The van der Waals surface area contributed by atoms with E-state index in [2.05, 4.69) is 10.1 Å². The van der Waals surface area contributed by atoms with Gasteiger partial charge in [-0.15, -0.1) is 0 Å². The number of halogens is 2. The molecule has 0 saturated carbocycles. The molecule has 0 fully saturated rings.